The second-order valence-electron chi connectivity index (χ2n) is 5.38. The first-order valence-corrected chi connectivity index (χ1v) is 7.83. The van der Waals surface area contributed by atoms with E-state index in [0.717, 1.165) is 35.2 Å². The number of piperidine rings is 1. The van der Waals surface area contributed by atoms with E-state index in [-0.39, 0.29) is 18.3 Å². The molecule has 4 nitrogen and oxygen atoms in total. The van der Waals surface area contributed by atoms with E-state index in [1.165, 1.54) is 6.42 Å². The average molecular weight is 377 g/mol. The van der Waals surface area contributed by atoms with Crippen molar-refractivity contribution >= 4 is 39.9 Å². The van der Waals surface area contributed by atoms with E-state index in [2.05, 4.69) is 31.5 Å². The molecule has 0 radical (unpaired) electrons. The number of nitrogens with one attached hydrogen (secondary N) is 2. The maximum Gasteiger partial charge on any atom is 0.238 e. The summed E-state index contributed by atoms with van der Waals surface area (Å²) in [6.45, 7) is 4.43. The zero-order chi connectivity index (χ0) is 14.5. The minimum absolute atomic E-state index is 0. The van der Waals surface area contributed by atoms with Gasteiger partial charge in [-0.1, -0.05) is 15.9 Å². The maximum atomic E-state index is 12.1. The molecule has 0 saturated carbocycles. The Morgan fingerprint density at radius 2 is 2.24 bits per heavy atom. The van der Waals surface area contributed by atoms with Gasteiger partial charge in [0, 0.05) is 22.7 Å². The summed E-state index contributed by atoms with van der Waals surface area (Å²) in [6, 6.07) is 6.37. The minimum atomic E-state index is 0. The Hall–Kier alpha value is -0.620. The normalized spacial score (nSPS) is 18.9. The van der Waals surface area contributed by atoms with E-state index in [9.17, 15) is 4.79 Å². The molecule has 1 aliphatic heterocycles. The lowest BCUT2D eigenvalue weighted by molar-refractivity contribution is -0.117. The van der Waals surface area contributed by atoms with E-state index in [1.54, 1.807) is 0 Å². The van der Waals surface area contributed by atoms with E-state index in [1.807, 2.05) is 32.2 Å². The first kappa shape index (κ1) is 18.4. The lowest BCUT2D eigenvalue weighted by Gasteiger charge is -2.31. The number of halogens is 2. The van der Waals surface area contributed by atoms with Gasteiger partial charge in [0.2, 0.25) is 5.91 Å². The molecule has 21 heavy (non-hydrogen) atoms. The third-order valence-corrected chi connectivity index (χ3v) is 4.61. The van der Waals surface area contributed by atoms with Crippen molar-refractivity contribution in [1.82, 2.24) is 10.2 Å². The Labute approximate surface area is 141 Å². The van der Waals surface area contributed by atoms with Crippen molar-refractivity contribution in [3.63, 3.8) is 0 Å². The number of anilines is 1. The Bertz CT molecular complexity index is 484. The molecule has 1 fully saturated rings. The summed E-state index contributed by atoms with van der Waals surface area (Å²) in [5, 5.41) is 6.26. The molecule has 2 N–H and O–H groups in total. The topological polar surface area (TPSA) is 44.4 Å². The van der Waals surface area contributed by atoms with Gasteiger partial charge < -0.3 is 10.6 Å². The van der Waals surface area contributed by atoms with Crippen LogP contribution in [0.15, 0.2) is 22.7 Å². The highest BCUT2D eigenvalue weighted by molar-refractivity contribution is 9.10. The second kappa shape index (κ2) is 8.73. The van der Waals surface area contributed by atoms with Crippen LogP contribution in [0, 0.1) is 6.92 Å². The molecule has 6 heteroatoms. The van der Waals surface area contributed by atoms with Gasteiger partial charge in [-0.05, 0) is 57.1 Å². The van der Waals surface area contributed by atoms with Crippen LogP contribution in [0.2, 0.25) is 0 Å². The average Bonchev–Trinajstić information content (AvgIpc) is 2.43. The summed E-state index contributed by atoms with van der Waals surface area (Å²) in [5.41, 5.74) is 1.98. The number of aryl methyl sites for hydroxylation is 1. The summed E-state index contributed by atoms with van der Waals surface area (Å²) in [4.78, 5) is 14.3. The van der Waals surface area contributed by atoms with Crippen LogP contribution in [-0.2, 0) is 4.79 Å². The smallest absolute Gasteiger partial charge is 0.238 e. The van der Waals surface area contributed by atoms with Gasteiger partial charge in [0.05, 0.1) is 6.54 Å². The summed E-state index contributed by atoms with van der Waals surface area (Å²) in [5.74, 6) is 0.0588. The van der Waals surface area contributed by atoms with Gasteiger partial charge in [0.15, 0.2) is 0 Å². The van der Waals surface area contributed by atoms with Crippen LogP contribution in [-0.4, -0.2) is 43.5 Å². The summed E-state index contributed by atoms with van der Waals surface area (Å²) < 4.78 is 1.06. The fourth-order valence-electron chi connectivity index (χ4n) is 2.56. The summed E-state index contributed by atoms with van der Waals surface area (Å²) in [7, 11) is 1.98. The first-order valence-electron chi connectivity index (χ1n) is 7.04. The molecule has 1 aromatic carbocycles. The van der Waals surface area contributed by atoms with Crippen molar-refractivity contribution in [3.05, 3.63) is 28.2 Å². The highest BCUT2D eigenvalue weighted by atomic mass is 79.9. The molecule has 1 atom stereocenters. The van der Waals surface area contributed by atoms with Crippen molar-refractivity contribution in [1.29, 1.82) is 0 Å². The number of carbonyl (C=O) groups is 1. The van der Waals surface area contributed by atoms with E-state index >= 15 is 0 Å². The fourth-order valence-corrected chi connectivity index (χ4v) is 2.81. The molecule has 0 aliphatic carbocycles. The predicted molar refractivity (Wildman–Crippen MR) is 93.3 cm³/mol. The minimum Gasteiger partial charge on any atom is -0.325 e. The lowest BCUT2D eigenvalue weighted by Crippen LogP contribution is -2.46. The van der Waals surface area contributed by atoms with Crippen LogP contribution >= 0.6 is 28.3 Å². The second-order valence-corrected chi connectivity index (χ2v) is 6.23. The molecule has 0 bridgehead atoms. The largest absolute Gasteiger partial charge is 0.325 e. The standard InChI is InChI=1S/C15H22BrN3O.ClH/c1-11-8-12(5-6-14(11)16)18-15(20)10-19-7-3-4-13(9-19)17-2;/h5-6,8,13,17H,3-4,7,9-10H2,1-2H3,(H,18,20);1H. The molecule has 1 amide bonds. The highest BCUT2D eigenvalue weighted by Crippen LogP contribution is 2.20. The first-order chi connectivity index (χ1) is 9.58. The molecule has 2 rings (SSSR count). The Morgan fingerprint density at radius 3 is 2.90 bits per heavy atom. The maximum absolute atomic E-state index is 12.1. The van der Waals surface area contributed by atoms with Crippen molar-refractivity contribution < 1.29 is 4.79 Å². The van der Waals surface area contributed by atoms with E-state index < -0.39 is 0 Å². The van der Waals surface area contributed by atoms with Crippen molar-refractivity contribution in [2.45, 2.75) is 25.8 Å². The quantitative estimate of drug-likeness (QED) is 0.849. The summed E-state index contributed by atoms with van der Waals surface area (Å²) >= 11 is 3.46. The molecular formula is C15H23BrClN3O. The Kier molecular flexibility index (Phi) is 7.66. The number of hydrogen-bond acceptors (Lipinski definition) is 3. The van der Waals surface area contributed by atoms with Crippen molar-refractivity contribution in [3.8, 4) is 0 Å². The lowest BCUT2D eigenvalue weighted by atomic mass is 10.1. The molecule has 1 heterocycles. The molecule has 0 spiro atoms. The van der Waals surface area contributed by atoms with Crippen LogP contribution < -0.4 is 10.6 Å². The van der Waals surface area contributed by atoms with Crippen molar-refractivity contribution in [2.24, 2.45) is 0 Å². The van der Waals surface area contributed by atoms with Crippen LogP contribution in [0.25, 0.3) is 0 Å². The number of carbonyl (C=O) groups excluding carboxylic acids is 1. The molecule has 118 valence electrons. The highest BCUT2D eigenvalue weighted by Gasteiger charge is 2.20. The number of hydrogen-bond donors (Lipinski definition) is 2. The van der Waals surface area contributed by atoms with Gasteiger partial charge in [0.1, 0.15) is 0 Å². The number of rotatable bonds is 4. The third kappa shape index (κ3) is 5.58. The number of benzene rings is 1. The third-order valence-electron chi connectivity index (χ3n) is 3.72. The predicted octanol–water partition coefficient (Wildman–Crippen LogP) is 2.80. The van der Waals surface area contributed by atoms with Crippen LogP contribution in [0.3, 0.4) is 0 Å². The molecular weight excluding hydrogens is 354 g/mol. The number of likely N-dealkylation sites (tertiary alicyclic amines) is 1. The SMILES string of the molecule is CNC1CCCN(CC(=O)Nc2ccc(Br)c(C)c2)C1.Cl. The molecule has 1 unspecified atom stereocenters. The Balaban J connectivity index is 0.00000220. The zero-order valence-electron chi connectivity index (χ0n) is 12.5. The summed E-state index contributed by atoms with van der Waals surface area (Å²) in [6.07, 6.45) is 2.34. The number of amides is 1. The number of nitrogens with zero attached hydrogens (tertiary/aromatic N) is 1. The van der Waals surface area contributed by atoms with Gasteiger partial charge in [-0.25, -0.2) is 0 Å². The fraction of sp³-hybridized carbons (Fsp3) is 0.533. The molecule has 0 aromatic heterocycles. The van der Waals surface area contributed by atoms with Crippen LogP contribution in [0.5, 0.6) is 0 Å². The molecule has 1 aliphatic rings. The van der Waals surface area contributed by atoms with Gasteiger partial charge in [-0.15, -0.1) is 12.4 Å². The molecule has 1 saturated heterocycles. The van der Waals surface area contributed by atoms with E-state index in [0.29, 0.717) is 12.6 Å². The van der Waals surface area contributed by atoms with Crippen LogP contribution in [0.1, 0.15) is 18.4 Å². The molecule has 1 aromatic rings. The van der Waals surface area contributed by atoms with Gasteiger partial charge in [-0.2, -0.15) is 0 Å². The van der Waals surface area contributed by atoms with Gasteiger partial charge in [-0.3, -0.25) is 9.69 Å². The Morgan fingerprint density at radius 1 is 1.48 bits per heavy atom. The van der Waals surface area contributed by atoms with Crippen LogP contribution in [0.4, 0.5) is 5.69 Å². The number of likely N-dealkylation sites (N-methyl/N-ethyl adjacent to an activating group) is 1. The van der Waals surface area contributed by atoms with Gasteiger partial charge >= 0.3 is 0 Å². The van der Waals surface area contributed by atoms with Gasteiger partial charge in [0.25, 0.3) is 0 Å². The van der Waals surface area contributed by atoms with Crippen molar-refractivity contribution in [2.75, 3.05) is 32.0 Å². The monoisotopic (exact) mass is 375 g/mol. The zero-order valence-corrected chi connectivity index (χ0v) is 14.9. The van der Waals surface area contributed by atoms with E-state index in [4.69, 9.17) is 0 Å².